The molecule has 24 heavy (non-hydrogen) atoms. The lowest BCUT2D eigenvalue weighted by Crippen LogP contribution is -2.21. The topological polar surface area (TPSA) is 57.2 Å². The summed E-state index contributed by atoms with van der Waals surface area (Å²) in [5.41, 5.74) is 5.06. The predicted octanol–water partition coefficient (Wildman–Crippen LogP) is 3.94. The standard InChI is InChI=1S/C17H13F3N2O2/c1-24-14-5-3-2-4-12(14)16(23)22-13-7-6-11(21)8-10(13)9-15(22)17(18,19)20/h2-9H,21H2,1H3. The molecule has 7 heteroatoms. The predicted molar refractivity (Wildman–Crippen MR) is 84.1 cm³/mol. The number of rotatable bonds is 2. The first-order valence-corrected chi connectivity index (χ1v) is 6.99. The van der Waals surface area contributed by atoms with Crippen LogP contribution >= 0.6 is 0 Å². The molecule has 3 aromatic rings. The van der Waals surface area contributed by atoms with Crippen molar-refractivity contribution in [3.8, 4) is 5.75 Å². The van der Waals surface area contributed by atoms with Crippen molar-refractivity contribution in [2.75, 3.05) is 12.8 Å². The Kier molecular flexibility index (Phi) is 3.71. The van der Waals surface area contributed by atoms with E-state index in [-0.39, 0.29) is 22.2 Å². The number of nitrogens with zero attached hydrogens (tertiary/aromatic N) is 1. The SMILES string of the molecule is COc1ccccc1C(=O)n1c(C(F)(F)F)cc2cc(N)ccc21. The average Bonchev–Trinajstić information content (AvgIpc) is 2.92. The van der Waals surface area contributed by atoms with Crippen molar-refractivity contribution < 1.29 is 22.7 Å². The quantitative estimate of drug-likeness (QED) is 0.722. The Hall–Kier alpha value is -2.96. The zero-order valence-corrected chi connectivity index (χ0v) is 12.6. The molecule has 0 amide bonds. The molecule has 3 rings (SSSR count). The molecule has 1 heterocycles. The molecule has 0 atom stereocenters. The molecule has 2 aromatic carbocycles. The first-order valence-electron chi connectivity index (χ1n) is 6.99. The molecular formula is C17H13F3N2O2. The minimum Gasteiger partial charge on any atom is -0.496 e. The van der Waals surface area contributed by atoms with Crippen molar-refractivity contribution in [3.05, 3.63) is 59.8 Å². The second-order valence-corrected chi connectivity index (χ2v) is 5.19. The number of halogens is 3. The monoisotopic (exact) mass is 334 g/mol. The number of fused-ring (bicyclic) bond motifs is 1. The van der Waals surface area contributed by atoms with Crippen molar-refractivity contribution in [1.82, 2.24) is 4.57 Å². The molecular weight excluding hydrogens is 321 g/mol. The first-order chi connectivity index (χ1) is 11.3. The van der Waals surface area contributed by atoms with Crippen LogP contribution in [0.4, 0.5) is 18.9 Å². The summed E-state index contributed by atoms with van der Waals surface area (Å²) < 4.78 is 46.0. The van der Waals surface area contributed by atoms with Crippen LogP contribution in [0.2, 0.25) is 0 Å². The van der Waals surface area contributed by atoms with Crippen LogP contribution in [0, 0.1) is 0 Å². The van der Waals surface area contributed by atoms with Crippen LogP contribution in [-0.4, -0.2) is 17.6 Å². The van der Waals surface area contributed by atoms with E-state index < -0.39 is 17.8 Å². The van der Waals surface area contributed by atoms with Crippen LogP contribution in [0.15, 0.2) is 48.5 Å². The maximum Gasteiger partial charge on any atom is 0.431 e. The van der Waals surface area contributed by atoms with E-state index >= 15 is 0 Å². The van der Waals surface area contributed by atoms with Gasteiger partial charge in [-0.25, -0.2) is 0 Å². The summed E-state index contributed by atoms with van der Waals surface area (Å²) in [4.78, 5) is 12.8. The number of aromatic nitrogens is 1. The molecule has 0 aliphatic heterocycles. The molecule has 0 bridgehead atoms. The Bertz CT molecular complexity index is 929. The molecule has 124 valence electrons. The largest absolute Gasteiger partial charge is 0.496 e. The van der Waals surface area contributed by atoms with Crippen LogP contribution in [0.25, 0.3) is 10.9 Å². The molecule has 0 saturated heterocycles. The van der Waals surface area contributed by atoms with E-state index in [0.29, 0.717) is 10.3 Å². The highest BCUT2D eigenvalue weighted by atomic mass is 19.4. The number of benzene rings is 2. The molecule has 0 unspecified atom stereocenters. The van der Waals surface area contributed by atoms with Gasteiger partial charge in [0.2, 0.25) is 0 Å². The third kappa shape index (κ3) is 2.58. The number of ether oxygens (including phenoxy) is 1. The van der Waals surface area contributed by atoms with Gasteiger partial charge in [0.15, 0.2) is 0 Å². The van der Waals surface area contributed by atoms with Crippen LogP contribution in [0.5, 0.6) is 5.75 Å². The fourth-order valence-electron chi connectivity index (χ4n) is 2.60. The fraction of sp³-hybridized carbons (Fsp3) is 0.118. The second kappa shape index (κ2) is 5.59. The molecule has 1 aromatic heterocycles. The molecule has 0 spiro atoms. The van der Waals surface area contributed by atoms with E-state index in [1.54, 1.807) is 12.1 Å². The molecule has 0 radical (unpaired) electrons. The van der Waals surface area contributed by atoms with Crippen molar-refractivity contribution in [3.63, 3.8) is 0 Å². The number of nitrogen functional groups attached to an aromatic ring is 1. The van der Waals surface area contributed by atoms with E-state index in [0.717, 1.165) is 6.07 Å². The van der Waals surface area contributed by atoms with Gasteiger partial charge in [-0.2, -0.15) is 13.2 Å². The van der Waals surface area contributed by atoms with Crippen LogP contribution in [-0.2, 0) is 6.18 Å². The highest BCUT2D eigenvalue weighted by Gasteiger charge is 2.37. The number of nitrogens with two attached hydrogens (primary N) is 1. The van der Waals surface area contributed by atoms with Crippen LogP contribution < -0.4 is 10.5 Å². The minimum atomic E-state index is -4.69. The summed E-state index contributed by atoms with van der Waals surface area (Å²) in [6.45, 7) is 0. The van der Waals surface area contributed by atoms with Gasteiger partial charge in [-0.1, -0.05) is 12.1 Å². The first kappa shape index (κ1) is 15.9. The maximum atomic E-state index is 13.4. The Morgan fingerprint density at radius 1 is 1.12 bits per heavy atom. The summed E-state index contributed by atoms with van der Waals surface area (Å²) in [5.74, 6) is -0.618. The molecule has 2 N–H and O–H groups in total. The fourth-order valence-corrected chi connectivity index (χ4v) is 2.60. The van der Waals surface area contributed by atoms with E-state index in [4.69, 9.17) is 10.5 Å². The summed E-state index contributed by atoms with van der Waals surface area (Å²) in [6.07, 6.45) is -4.69. The Labute approximate surface area is 135 Å². The Morgan fingerprint density at radius 2 is 1.83 bits per heavy atom. The number of carbonyl (C=O) groups excluding carboxylic acids is 1. The Morgan fingerprint density at radius 3 is 2.50 bits per heavy atom. The number of methoxy groups -OCH3 is 1. The minimum absolute atomic E-state index is 0.0415. The van der Waals surface area contributed by atoms with Gasteiger partial charge in [0, 0.05) is 11.1 Å². The van der Waals surface area contributed by atoms with Gasteiger partial charge in [0.05, 0.1) is 18.2 Å². The summed E-state index contributed by atoms with van der Waals surface area (Å²) in [6, 6.07) is 11.3. The number of anilines is 1. The second-order valence-electron chi connectivity index (χ2n) is 5.19. The summed E-state index contributed by atoms with van der Waals surface area (Å²) in [7, 11) is 1.35. The highest BCUT2D eigenvalue weighted by molar-refractivity contribution is 6.05. The van der Waals surface area contributed by atoms with Crippen molar-refractivity contribution in [1.29, 1.82) is 0 Å². The summed E-state index contributed by atoms with van der Waals surface area (Å²) in [5, 5.41) is 0.241. The smallest absolute Gasteiger partial charge is 0.431 e. The third-order valence-corrected chi connectivity index (χ3v) is 3.66. The normalized spacial score (nSPS) is 11.7. The molecule has 0 fully saturated rings. The summed E-state index contributed by atoms with van der Waals surface area (Å²) >= 11 is 0. The van der Waals surface area contributed by atoms with Crippen molar-refractivity contribution >= 4 is 22.5 Å². The molecule has 0 saturated carbocycles. The number of para-hydroxylation sites is 1. The highest BCUT2D eigenvalue weighted by Crippen LogP contribution is 2.35. The van der Waals surface area contributed by atoms with E-state index in [2.05, 4.69) is 0 Å². The molecule has 4 nitrogen and oxygen atoms in total. The number of hydrogen-bond donors (Lipinski definition) is 1. The number of alkyl halides is 3. The lowest BCUT2D eigenvalue weighted by molar-refractivity contribution is -0.142. The third-order valence-electron chi connectivity index (χ3n) is 3.66. The van der Waals surface area contributed by atoms with E-state index in [1.807, 2.05) is 0 Å². The number of carbonyl (C=O) groups is 1. The van der Waals surface area contributed by atoms with Gasteiger partial charge >= 0.3 is 6.18 Å². The van der Waals surface area contributed by atoms with Gasteiger partial charge in [-0.15, -0.1) is 0 Å². The Balaban J connectivity index is 2.29. The van der Waals surface area contributed by atoms with Crippen LogP contribution in [0.3, 0.4) is 0 Å². The lowest BCUT2D eigenvalue weighted by Gasteiger charge is -2.13. The van der Waals surface area contributed by atoms with Crippen LogP contribution in [0.1, 0.15) is 16.1 Å². The maximum absolute atomic E-state index is 13.4. The van der Waals surface area contributed by atoms with Gasteiger partial charge in [-0.3, -0.25) is 9.36 Å². The zero-order chi connectivity index (χ0) is 17.5. The number of hydrogen-bond acceptors (Lipinski definition) is 3. The van der Waals surface area contributed by atoms with E-state index in [1.165, 1.54) is 37.4 Å². The van der Waals surface area contributed by atoms with Crippen molar-refractivity contribution in [2.24, 2.45) is 0 Å². The van der Waals surface area contributed by atoms with Gasteiger partial charge in [-0.05, 0) is 36.4 Å². The van der Waals surface area contributed by atoms with Crippen molar-refractivity contribution in [2.45, 2.75) is 6.18 Å². The van der Waals surface area contributed by atoms with Gasteiger partial charge in [0.25, 0.3) is 5.91 Å². The van der Waals surface area contributed by atoms with Gasteiger partial charge < -0.3 is 10.5 Å². The van der Waals surface area contributed by atoms with Gasteiger partial charge in [0.1, 0.15) is 11.4 Å². The van der Waals surface area contributed by atoms with E-state index in [9.17, 15) is 18.0 Å². The molecule has 0 aliphatic carbocycles. The average molecular weight is 334 g/mol. The lowest BCUT2D eigenvalue weighted by atomic mass is 10.2. The molecule has 0 aliphatic rings. The zero-order valence-electron chi connectivity index (χ0n) is 12.6.